The van der Waals surface area contributed by atoms with Crippen molar-refractivity contribution in [2.75, 3.05) is 26.7 Å². The van der Waals surface area contributed by atoms with Crippen molar-refractivity contribution in [1.29, 1.82) is 0 Å². The minimum Gasteiger partial charge on any atom is -0.329 e. The molecule has 3 nitrogen and oxygen atoms in total. The van der Waals surface area contributed by atoms with E-state index in [0.29, 0.717) is 12.1 Å². The minimum absolute atomic E-state index is 0.0884. The molecule has 0 bridgehead atoms. The molecule has 2 N–H and O–H groups in total. The van der Waals surface area contributed by atoms with Gasteiger partial charge in [-0.2, -0.15) is 0 Å². The van der Waals surface area contributed by atoms with Crippen LogP contribution in [-0.4, -0.2) is 54.1 Å². The Morgan fingerprint density at radius 3 is 2.19 bits per heavy atom. The Bertz CT molecular complexity index is 415. The predicted octanol–water partition coefficient (Wildman–Crippen LogP) is 2.36. The van der Waals surface area contributed by atoms with Gasteiger partial charge in [-0.1, -0.05) is 37.3 Å². The Balaban J connectivity index is 2.21. The van der Waals surface area contributed by atoms with Gasteiger partial charge in [0.2, 0.25) is 0 Å². The van der Waals surface area contributed by atoms with Crippen LogP contribution in [0.2, 0.25) is 0 Å². The van der Waals surface area contributed by atoms with E-state index in [9.17, 15) is 0 Å². The molecule has 1 aromatic rings. The number of likely N-dealkylation sites (N-methyl/N-ethyl adjacent to an activating group) is 1. The van der Waals surface area contributed by atoms with Crippen molar-refractivity contribution in [1.82, 2.24) is 9.80 Å². The van der Waals surface area contributed by atoms with Gasteiger partial charge in [0.25, 0.3) is 0 Å². The number of rotatable bonds is 5. The molecule has 3 heteroatoms. The highest BCUT2D eigenvalue weighted by molar-refractivity contribution is 5.18. The molecule has 21 heavy (non-hydrogen) atoms. The molecule has 1 fully saturated rings. The number of nitrogens with zero attached hydrogens (tertiary/aromatic N) is 2. The maximum atomic E-state index is 6.27. The Morgan fingerprint density at radius 2 is 1.71 bits per heavy atom. The van der Waals surface area contributed by atoms with Crippen LogP contribution in [0.1, 0.15) is 32.8 Å². The summed E-state index contributed by atoms with van der Waals surface area (Å²) in [5, 5.41) is 0. The molecule has 0 radical (unpaired) electrons. The van der Waals surface area contributed by atoms with Gasteiger partial charge in [-0.05, 0) is 39.3 Å². The molecule has 3 unspecified atom stereocenters. The molecule has 0 aliphatic carbocycles. The zero-order valence-electron chi connectivity index (χ0n) is 14.0. The summed E-state index contributed by atoms with van der Waals surface area (Å²) >= 11 is 0. The quantitative estimate of drug-likeness (QED) is 0.903. The van der Waals surface area contributed by atoms with Crippen LogP contribution in [0.3, 0.4) is 0 Å². The fourth-order valence-corrected chi connectivity index (χ4v) is 3.57. The maximum Gasteiger partial charge on any atom is 0.0370 e. The Hall–Kier alpha value is -0.900. The Labute approximate surface area is 130 Å². The van der Waals surface area contributed by atoms with Gasteiger partial charge in [-0.25, -0.2) is 0 Å². The van der Waals surface area contributed by atoms with Crippen LogP contribution < -0.4 is 5.73 Å². The molecule has 1 aromatic carbocycles. The largest absolute Gasteiger partial charge is 0.329 e. The fraction of sp³-hybridized carbons (Fsp3) is 0.667. The van der Waals surface area contributed by atoms with Gasteiger partial charge in [0.1, 0.15) is 0 Å². The van der Waals surface area contributed by atoms with Crippen LogP contribution in [-0.2, 0) is 6.42 Å². The van der Waals surface area contributed by atoms with Gasteiger partial charge >= 0.3 is 0 Å². The first-order valence-electron chi connectivity index (χ1n) is 8.23. The van der Waals surface area contributed by atoms with E-state index < -0.39 is 0 Å². The fourth-order valence-electron chi connectivity index (χ4n) is 3.57. The molecule has 118 valence electrons. The molecule has 1 heterocycles. The third-order valence-electron chi connectivity index (χ3n) is 5.44. The molecule has 0 amide bonds. The van der Waals surface area contributed by atoms with Crippen molar-refractivity contribution in [3.05, 3.63) is 35.9 Å². The summed E-state index contributed by atoms with van der Waals surface area (Å²) in [6.45, 7) is 9.87. The highest BCUT2D eigenvalue weighted by Crippen LogP contribution is 2.28. The van der Waals surface area contributed by atoms with Crippen LogP contribution in [0.4, 0.5) is 0 Å². The maximum absolute atomic E-state index is 6.27. The summed E-state index contributed by atoms with van der Waals surface area (Å²) in [5.74, 6) is 0. The SMILES string of the molecule is CCC(CN)(Cc1ccccc1)N1CC(C)N(C)C(C)C1. The monoisotopic (exact) mass is 289 g/mol. The summed E-state index contributed by atoms with van der Waals surface area (Å²) in [7, 11) is 2.24. The van der Waals surface area contributed by atoms with E-state index in [1.807, 2.05) is 0 Å². The summed E-state index contributed by atoms with van der Waals surface area (Å²) in [5.41, 5.74) is 7.75. The molecule has 1 saturated heterocycles. The first-order chi connectivity index (χ1) is 10.0. The topological polar surface area (TPSA) is 32.5 Å². The second-order valence-corrected chi connectivity index (χ2v) is 6.71. The third kappa shape index (κ3) is 3.47. The first-order valence-corrected chi connectivity index (χ1v) is 8.23. The first kappa shape index (κ1) is 16.5. The zero-order valence-corrected chi connectivity index (χ0v) is 14.0. The van der Waals surface area contributed by atoms with Crippen LogP contribution in [0, 0.1) is 0 Å². The van der Waals surface area contributed by atoms with Crippen molar-refractivity contribution in [3.63, 3.8) is 0 Å². The normalized spacial score (nSPS) is 27.5. The molecule has 0 saturated carbocycles. The van der Waals surface area contributed by atoms with Gasteiger partial charge in [0.15, 0.2) is 0 Å². The van der Waals surface area contributed by atoms with E-state index in [1.165, 1.54) is 5.56 Å². The number of hydrogen-bond donors (Lipinski definition) is 1. The summed E-state index contributed by atoms with van der Waals surface area (Å²) in [6.07, 6.45) is 2.14. The van der Waals surface area contributed by atoms with E-state index >= 15 is 0 Å². The average Bonchev–Trinajstić information content (AvgIpc) is 2.51. The lowest BCUT2D eigenvalue weighted by molar-refractivity contribution is -0.0118. The van der Waals surface area contributed by atoms with Crippen molar-refractivity contribution < 1.29 is 0 Å². The minimum atomic E-state index is 0.0884. The van der Waals surface area contributed by atoms with E-state index in [1.54, 1.807) is 0 Å². The van der Waals surface area contributed by atoms with Crippen LogP contribution in [0.5, 0.6) is 0 Å². The van der Waals surface area contributed by atoms with Gasteiger partial charge < -0.3 is 5.73 Å². The Kier molecular flexibility index (Phi) is 5.42. The van der Waals surface area contributed by atoms with Crippen molar-refractivity contribution in [2.24, 2.45) is 5.73 Å². The van der Waals surface area contributed by atoms with Crippen molar-refractivity contribution >= 4 is 0 Å². The highest BCUT2D eigenvalue weighted by atomic mass is 15.3. The van der Waals surface area contributed by atoms with E-state index in [-0.39, 0.29) is 5.54 Å². The molecule has 2 rings (SSSR count). The highest BCUT2D eigenvalue weighted by Gasteiger charge is 2.39. The second-order valence-electron chi connectivity index (χ2n) is 6.71. The van der Waals surface area contributed by atoms with E-state index in [0.717, 1.165) is 32.5 Å². The standard InChI is InChI=1S/C18H31N3/c1-5-18(14-19,11-17-9-7-6-8-10-17)21-12-15(2)20(4)16(3)13-21/h6-10,15-16H,5,11-14,19H2,1-4H3. The number of nitrogens with two attached hydrogens (primary N) is 1. The van der Waals surface area contributed by atoms with E-state index in [2.05, 4.69) is 68.0 Å². The van der Waals surface area contributed by atoms with Gasteiger partial charge in [-0.3, -0.25) is 9.80 Å². The molecule has 1 aliphatic rings. The lowest BCUT2D eigenvalue weighted by atomic mass is 9.84. The molecule has 3 atom stereocenters. The van der Waals surface area contributed by atoms with Crippen LogP contribution in [0.15, 0.2) is 30.3 Å². The number of piperazine rings is 1. The Morgan fingerprint density at radius 1 is 1.14 bits per heavy atom. The van der Waals surface area contributed by atoms with Crippen molar-refractivity contribution in [2.45, 2.75) is 51.2 Å². The van der Waals surface area contributed by atoms with Gasteiger partial charge in [-0.15, -0.1) is 0 Å². The van der Waals surface area contributed by atoms with Gasteiger partial charge in [0.05, 0.1) is 0 Å². The summed E-state index contributed by atoms with van der Waals surface area (Å²) in [4.78, 5) is 5.13. The molecule has 0 spiro atoms. The van der Waals surface area contributed by atoms with Crippen molar-refractivity contribution in [3.8, 4) is 0 Å². The summed E-state index contributed by atoms with van der Waals surface area (Å²) in [6, 6.07) is 12.0. The van der Waals surface area contributed by atoms with Crippen LogP contribution >= 0.6 is 0 Å². The second kappa shape index (κ2) is 6.91. The smallest absolute Gasteiger partial charge is 0.0370 e. The van der Waals surface area contributed by atoms with E-state index in [4.69, 9.17) is 5.73 Å². The summed E-state index contributed by atoms with van der Waals surface area (Å²) < 4.78 is 0. The molecular formula is C18H31N3. The third-order valence-corrected chi connectivity index (χ3v) is 5.44. The van der Waals surface area contributed by atoms with Crippen LogP contribution in [0.25, 0.3) is 0 Å². The number of benzene rings is 1. The lowest BCUT2D eigenvalue weighted by Crippen LogP contribution is -2.65. The molecular weight excluding hydrogens is 258 g/mol. The lowest BCUT2D eigenvalue weighted by Gasteiger charge is -2.51. The molecule has 0 aromatic heterocycles. The number of hydrogen-bond acceptors (Lipinski definition) is 3. The molecule has 1 aliphatic heterocycles. The predicted molar refractivity (Wildman–Crippen MR) is 90.5 cm³/mol. The average molecular weight is 289 g/mol. The van der Waals surface area contributed by atoms with Gasteiger partial charge in [0, 0.05) is 37.3 Å². The zero-order chi connectivity index (χ0) is 15.5.